The van der Waals surface area contributed by atoms with Gasteiger partial charge in [0.2, 0.25) is 0 Å². The highest BCUT2D eigenvalue weighted by Crippen LogP contribution is 2.48. The van der Waals surface area contributed by atoms with E-state index < -0.39 is 5.60 Å². The lowest BCUT2D eigenvalue weighted by molar-refractivity contribution is -0.146. The molecule has 1 saturated carbocycles. The van der Waals surface area contributed by atoms with Crippen LogP contribution >= 0.6 is 0 Å². The Balaban J connectivity index is 2.15. The van der Waals surface area contributed by atoms with Crippen LogP contribution in [-0.2, 0) is 14.3 Å². The third-order valence-corrected chi connectivity index (χ3v) is 4.42. The smallest absolute Gasteiger partial charge is 0.343 e. The third-order valence-electron chi connectivity index (χ3n) is 4.42. The van der Waals surface area contributed by atoms with Crippen molar-refractivity contribution >= 4 is 11.5 Å². The van der Waals surface area contributed by atoms with Gasteiger partial charge in [-0.3, -0.25) is 5.73 Å². The molecule has 1 spiro atoms. The van der Waals surface area contributed by atoms with Crippen LogP contribution in [0.3, 0.4) is 0 Å². The number of nitrogens with two attached hydrogens (primary N) is 1. The summed E-state index contributed by atoms with van der Waals surface area (Å²) in [5.41, 5.74) is 8.66. The molecule has 1 heterocycles. The Morgan fingerprint density at radius 1 is 1.29 bits per heavy atom. The molecule has 3 rings (SSSR count). The van der Waals surface area contributed by atoms with Crippen molar-refractivity contribution in [1.82, 2.24) is 0 Å². The van der Waals surface area contributed by atoms with Crippen LogP contribution in [0.1, 0.15) is 42.4 Å². The Bertz CT molecular complexity index is 612. The van der Waals surface area contributed by atoms with Gasteiger partial charge in [-0.15, -0.1) is 0 Å². The minimum Gasteiger partial charge on any atom is -0.478 e. The van der Waals surface area contributed by atoms with Gasteiger partial charge in [-0.25, -0.2) is 4.79 Å². The zero-order valence-electron chi connectivity index (χ0n) is 12.6. The van der Waals surface area contributed by atoms with Gasteiger partial charge in [-0.05, 0) is 50.7 Å². The molecule has 0 unspecified atom stereocenters. The van der Waals surface area contributed by atoms with Gasteiger partial charge < -0.3 is 9.47 Å². The standard InChI is InChI=1S/C17H21NO3/c1-11-5-6-13(12(2)9-11)14-15(20-10-18)17(21-16(14)19)7-3-4-8-17/h5-6,9H,3-4,7-8,10,18H2,1-2H3. The number of ether oxygens (including phenoxy) is 2. The molecule has 2 N–H and O–H groups in total. The topological polar surface area (TPSA) is 61.6 Å². The summed E-state index contributed by atoms with van der Waals surface area (Å²) in [6.45, 7) is 4.10. The molecule has 0 radical (unpaired) electrons. The van der Waals surface area contributed by atoms with Gasteiger partial charge in [0.15, 0.2) is 11.4 Å². The fourth-order valence-electron chi connectivity index (χ4n) is 3.48. The maximum Gasteiger partial charge on any atom is 0.343 e. The highest BCUT2D eigenvalue weighted by atomic mass is 16.6. The van der Waals surface area contributed by atoms with Crippen LogP contribution in [0.5, 0.6) is 0 Å². The van der Waals surface area contributed by atoms with Crippen molar-refractivity contribution in [2.75, 3.05) is 6.73 Å². The average Bonchev–Trinajstić information content (AvgIpc) is 2.99. The predicted octanol–water partition coefficient (Wildman–Crippen LogP) is 2.82. The van der Waals surface area contributed by atoms with Gasteiger partial charge in [0.1, 0.15) is 12.3 Å². The Hall–Kier alpha value is -1.81. The third kappa shape index (κ3) is 2.23. The minimum atomic E-state index is -0.580. The van der Waals surface area contributed by atoms with E-state index in [4.69, 9.17) is 15.2 Å². The molecule has 4 nitrogen and oxygen atoms in total. The summed E-state index contributed by atoms with van der Waals surface area (Å²) in [5.74, 6) is 0.353. The summed E-state index contributed by atoms with van der Waals surface area (Å²) in [7, 11) is 0. The molecule has 0 amide bonds. The van der Waals surface area contributed by atoms with Crippen molar-refractivity contribution in [3.63, 3.8) is 0 Å². The second kappa shape index (κ2) is 5.19. The molecule has 2 aliphatic rings. The van der Waals surface area contributed by atoms with E-state index in [1.807, 2.05) is 26.0 Å². The molecular formula is C17H21NO3. The first-order chi connectivity index (χ1) is 10.1. The fourth-order valence-corrected chi connectivity index (χ4v) is 3.48. The summed E-state index contributed by atoms with van der Waals surface area (Å²) >= 11 is 0. The van der Waals surface area contributed by atoms with Crippen molar-refractivity contribution < 1.29 is 14.3 Å². The van der Waals surface area contributed by atoms with E-state index in [2.05, 4.69) is 6.07 Å². The summed E-state index contributed by atoms with van der Waals surface area (Å²) in [6, 6.07) is 6.03. The van der Waals surface area contributed by atoms with E-state index >= 15 is 0 Å². The number of carbonyl (C=O) groups excluding carboxylic acids is 1. The van der Waals surface area contributed by atoms with Crippen molar-refractivity contribution in [3.05, 3.63) is 40.6 Å². The number of rotatable bonds is 3. The zero-order chi connectivity index (χ0) is 15.0. The molecule has 1 aliphatic carbocycles. The lowest BCUT2D eigenvalue weighted by Gasteiger charge is -2.25. The molecule has 1 fully saturated rings. The van der Waals surface area contributed by atoms with E-state index in [1.54, 1.807) is 0 Å². The van der Waals surface area contributed by atoms with E-state index in [9.17, 15) is 4.79 Å². The molecular weight excluding hydrogens is 266 g/mol. The average molecular weight is 287 g/mol. The number of hydrogen-bond donors (Lipinski definition) is 1. The number of benzene rings is 1. The summed E-state index contributed by atoms with van der Waals surface area (Å²) in [5, 5.41) is 0. The molecule has 0 atom stereocenters. The predicted molar refractivity (Wildman–Crippen MR) is 80.3 cm³/mol. The summed E-state index contributed by atoms with van der Waals surface area (Å²) in [4.78, 5) is 12.5. The fraction of sp³-hybridized carbons (Fsp3) is 0.471. The lowest BCUT2D eigenvalue weighted by Crippen LogP contribution is -2.30. The summed E-state index contributed by atoms with van der Waals surface area (Å²) in [6.07, 6.45) is 3.74. The Kier molecular flexibility index (Phi) is 3.49. The Morgan fingerprint density at radius 2 is 2.00 bits per heavy atom. The van der Waals surface area contributed by atoms with Crippen LogP contribution in [0.2, 0.25) is 0 Å². The first-order valence-corrected chi connectivity index (χ1v) is 7.46. The maximum absolute atomic E-state index is 12.5. The van der Waals surface area contributed by atoms with Gasteiger partial charge in [0.25, 0.3) is 0 Å². The van der Waals surface area contributed by atoms with Crippen LogP contribution < -0.4 is 5.73 Å². The number of aryl methyl sites for hydroxylation is 2. The van der Waals surface area contributed by atoms with Gasteiger partial charge >= 0.3 is 5.97 Å². The molecule has 4 heteroatoms. The number of hydrogen-bond acceptors (Lipinski definition) is 4. The normalized spacial score (nSPS) is 20.2. The molecule has 0 aromatic heterocycles. The molecule has 21 heavy (non-hydrogen) atoms. The second-order valence-corrected chi connectivity index (χ2v) is 5.92. The van der Waals surface area contributed by atoms with E-state index in [1.165, 1.54) is 5.56 Å². The molecule has 112 valence electrons. The van der Waals surface area contributed by atoms with Gasteiger partial charge in [-0.1, -0.05) is 23.8 Å². The highest BCUT2D eigenvalue weighted by molar-refractivity contribution is 6.20. The van der Waals surface area contributed by atoms with Crippen molar-refractivity contribution in [3.8, 4) is 0 Å². The Labute approximate surface area is 124 Å². The van der Waals surface area contributed by atoms with Crippen LogP contribution in [0, 0.1) is 13.8 Å². The van der Waals surface area contributed by atoms with Crippen molar-refractivity contribution in [2.45, 2.75) is 45.1 Å². The second-order valence-electron chi connectivity index (χ2n) is 5.92. The first kappa shape index (κ1) is 14.1. The lowest BCUT2D eigenvalue weighted by atomic mass is 9.93. The quantitative estimate of drug-likeness (QED) is 0.686. The van der Waals surface area contributed by atoms with Crippen molar-refractivity contribution in [1.29, 1.82) is 0 Å². The molecule has 0 bridgehead atoms. The highest BCUT2D eigenvalue weighted by Gasteiger charge is 2.51. The molecule has 1 aromatic rings. The van der Waals surface area contributed by atoms with Crippen LogP contribution in [0.25, 0.3) is 5.57 Å². The number of carbonyl (C=O) groups is 1. The zero-order valence-corrected chi connectivity index (χ0v) is 12.6. The summed E-state index contributed by atoms with van der Waals surface area (Å²) < 4.78 is 11.4. The van der Waals surface area contributed by atoms with Gasteiger partial charge in [0, 0.05) is 0 Å². The first-order valence-electron chi connectivity index (χ1n) is 7.46. The molecule has 1 aromatic carbocycles. The molecule has 0 saturated heterocycles. The SMILES string of the molecule is Cc1ccc(C2=C(OCN)C3(CCCC3)OC2=O)c(C)c1. The van der Waals surface area contributed by atoms with Crippen LogP contribution in [0.15, 0.2) is 24.0 Å². The van der Waals surface area contributed by atoms with Gasteiger partial charge in [0.05, 0.1) is 0 Å². The van der Waals surface area contributed by atoms with Crippen molar-refractivity contribution in [2.24, 2.45) is 5.73 Å². The van der Waals surface area contributed by atoms with Crippen LogP contribution in [-0.4, -0.2) is 18.3 Å². The number of esters is 1. The van der Waals surface area contributed by atoms with Gasteiger partial charge in [-0.2, -0.15) is 0 Å². The molecule has 1 aliphatic heterocycles. The monoisotopic (exact) mass is 287 g/mol. The minimum absolute atomic E-state index is 0.0577. The maximum atomic E-state index is 12.5. The largest absolute Gasteiger partial charge is 0.478 e. The van der Waals surface area contributed by atoms with E-state index in [-0.39, 0.29) is 12.7 Å². The van der Waals surface area contributed by atoms with E-state index in [0.29, 0.717) is 11.3 Å². The van der Waals surface area contributed by atoms with Crippen LogP contribution in [0.4, 0.5) is 0 Å². The van der Waals surface area contributed by atoms with E-state index in [0.717, 1.165) is 36.8 Å². The Morgan fingerprint density at radius 3 is 2.62 bits per heavy atom.